The van der Waals surface area contributed by atoms with E-state index in [-0.39, 0.29) is 12.1 Å². The van der Waals surface area contributed by atoms with Crippen molar-refractivity contribution in [1.82, 2.24) is 10.1 Å². The molecule has 2 unspecified atom stereocenters. The highest BCUT2D eigenvalue weighted by Crippen LogP contribution is 2.12. The third-order valence-electron chi connectivity index (χ3n) is 1.76. The van der Waals surface area contributed by atoms with E-state index >= 15 is 0 Å². The predicted octanol–water partition coefficient (Wildman–Crippen LogP) is 1.06. The van der Waals surface area contributed by atoms with Crippen molar-refractivity contribution in [2.45, 2.75) is 39.3 Å². The number of hydrogen-bond donors (Lipinski definition) is 1. The monoisotopic (exact) mass is 199 g/mol. The maximum atomic E-state index is 5.61. The summed E-state index contributed by atoms with van der Waals surface area (Å²) < 4.78 is 10.4. The van der Waals surface area contributed by atoms with E-state index in [9.17, 15) is 0 Å². The van der Waals surface area contributed by atoms with Gasteiger partial charge in [0.1, 0.15) is 6.10 Å². The number of ether oxygens (including phenoxy) is 1. The minimum Gasteiger partial charge on any atom is -0.371 e. The van der Waals surface area contributed by atoms with Crippen LogP contribution in [0.1, 0.15) is 38.6 Å². The summed E-state index contributed by atoms with van der Waals surface area (Å²) in [4.78, 5) is 4.19. The predicted molar refractivity (Wildman–Crippen MR) is 51.7 cm³/mol. The normalized spacial score (nSPS) is 15.4. The van der Waals surface area contributed by atoms with Gasteiger partial charge in [-0.1, -0.05) is 5.16 Å². The molecule has 0 saturated heterocycles. The molecule has 1 aromatic rings. The first kappa shape index (κ1) is 11.1. The fraction of sp³-hybridized carbons (Fsp3) is 0.778. The molecule has 1 heterocycles. The number of rotatable bonds is 5. The van der Waals surface area contributed by atoms with Crippen LogP contribution in [0, 0.1) is 0 Å². The van der Waals surface area contributed by atoms with E-state index < -0.39 is 0 Å². The third-order valence-corrected chi connectivity index (χ3v) is 1.76. The van der Waals surface area contributed by atoms with Crippen LogP contribution >= 0.6 is 0 Å². The van der Waals surface area contributed by atoms with Crippen molar-refractivity contribution in [3.8, 4) is 0 Å². The standard InChI is InChI=1S/C9H17N3O2/c1-4-13-7(3)9-11-8(14-12-9)5-6(2)10/h6-7H,4-5,10H2,1-3H3. The van der Waals surface area contributed by atoms with Gasteiger partial charge in [-0.05, 0) is 20.8 Å². The lowest BCUT2D eigenvalue weighted by Gasteiger charge is -2.04. The summed E-state index contributed by atoms with van der Waals surface area (Å²) >= 11 is 0. The zero-order valence-electron chi connectivity index (χ0n) is 8.86. The molecular weight excluding hydrogens is 182 g/mol. The highest BCUT2D eigenvalue weighted by molar-refractivity contribution is 4.91. The highest BCUT2D eigenvalue weighted by atomic mass is 16.5. The van der Waals surface area contributed by atoms with Crippen molar-refractivity contribution < 1.29 is 9.26 Å². The van der Waals surface area contributed by atoms with Crippen molar-refractivity contribution in [1.29, 1.82) is 0 Å². The zero-order chi connectivity index (χ0) is 10.6. The molecule has 0 spiro atoms. The topological polar surface area (TPSA) is 74.2 Å². The van der Waals surface area contributed by atoms with E-state index in [1.165, 1.54) is 0 Å². The van der Waals surface area contributed by atoms with Gasteiger partial charge in [-0.2, -0.15) is 4.98 Å². The first-order valence-electron chi connectivity index (χ1n) is 4.83. The van der Waals surface area contributed by atoms with Crippen molar-refractivity contribution in [3.63, 3.8) is 0 Å². The molecular formula is C9H17N3O2. The fourth-order valence-electron chi connectivity index (χ4n) is 1.12. The van der Waals surface area contributed by atoms with Gasteiger partial charge in [0.05, 0.1) is 0 Å². The summed E-state index contributed by atoms with van der Waals surface area (Å²) in [5.41, 5.74) is 5.61. The van der Waals surface area contributed by atoms with Gasteiger partial charge in [-0.15, -0.1) is 0 Å². The van der Waals surface area contributed by atoms with Crippen LogP contribution in [0.5, 0.6) is 0 Å². The molecule has 5 nitrogen and oxygen atoms in total. The Kier molecular flexibility index (Phi) is 4.03. The Balaban J connectivity index is 2.58. The van der Waals surface area contributed by atoms with E-state index in [1.807, 2.05) is 20.8 Å². The lowest BCUT2D eigenvalue weighted by molar-refractivity contribution is 0.0683. The van der Waals surface area contributed by atoms with Gasteiger partial charge in [-0.25, -0.2) is 0 Å². The molecule has 0 bridgehead atoms. The first-order chi connectivity index (χ1) is 6.63. The van der Waals surface area contributed by atoms with Crippen LogP contribution in [-0.2, 0) is 11.2 Å². The molecule has 0 aliphatic rings. The molecule has 5 heteroatoms. The van der Waals surface area contributed by atoms with E-state index in [0.29, 0.717) is 24.7 Å². The Hall–Kier alpha value is -0.940. The second-order valence-electron chi connectivity index (χ2n) is 3.33. The van der Waals surface area contributed by atoms with Gasteiger partial charge in [0.15, 0.2) is 5.82 Å². The number of hydrogen-bond acceptors (Lipinski definition) is 5. The van der Waals surface area contributed by atoms with Crippen molar-refractivity contribution >= 4 is 0 Å². The summed E-state index contributed by atoms with van der Waals surface area (Å²) in [6.07, 6.45) is 0.483. The summed E-state index contributed by atoms with van der Waals surface area (Å²) in [5, 5.41) is 3.82. The average Bonchev–Trinajstić information content (AvgIpc) is 2.52. The quantitative estimate of drug-likeness (QED) is 0.767. The number of nitrogens with zero attached hydrogens (tertiary/aromatic N) is 2. The van der Waals surface area contributed by atoms with Crippen molar-refractivity contribution in [2.75, 3.05) is 6.61 Å². The molecule has 0 radical (unpaired) electrons. The molecule has 0 amide bonds. The largest absolute Gasteiger partial charge is 0.371 e. The average molecular weight is 199 g/mol. The summed E-state index contributed by atoms with van der Waals surface area (Å²) in [6, 6.07) is 0.0331. The van der Waals surface area contributed by atoms with E-state index in [2.05, 4.69) is 10.1 Å². The molecule has 0 fully saturated rings. The second kappa shape index (κ2) is 5.07. The molecule has 80 valence electrons. The van der Waals surface area contributed by atoms with Crippen LogP contribution in [-0.4, -0.2) is 22.8 Å². The number of nitrogens with two attached hydrogens (primary N) is 1. The van der Waals surface area contributed by atoms with Crippen LogP contribution in [0.2, 0.25) is 0 Å². The molecule has 14 heavy (non-hydrogen) atoms. The van der Waals surface area contributed by atoms with Gasteiger partial charge in [-0.3, -0.25) is 0 Å². The third kappa shape index (κ3) is 3.08. The minimum absolute atomic E-state index is 0.0331. The Bertz CT molecular complexity index is 273. The molecule has 1 rings (SSSR count). The van der Waals surface area contributed by atoms with E-state index in [0.717, 1.165) is 0 Å². The minimum atomic E-state index is -0.120. The van der Waals surface area contributed by atoms with Crippen LogP contribution < -0.4 is 5.73 Å². The number of aromatic nitrogens is 2. The smallest absolute Gasteiger partial charge is 0.228 e. The summed E-state index contributed by atoms with van der Waals surface area (Å²) in [5.74, 6) is 1.16. The molecule has 0 aromatic carbocycles. The van der Waals surface area contributed by atoms with Crippen LogP contribution in [0.25, 0.3) is 0 Å². The zero-order valence-corrected chi connectivity index (χ0v) is 8.86. The van der Waals surface area contributed by atoms with Gasteiger partial charge in [0.25, 0.3) is 0 Å². The van der Waals surface area contributed by atoms with Crippen molar-refractivity contribution in [3.05, 3.63) is 11.7 Å². The maximum absolute atomic E-state index is 5.61. The van der Waals surface area contributed by atoms with Crippen molar-refractivity contribution in [2.24, 2.45) is 5.73 Å². The van der Waals surface area contributed by atoms with Crippen LogP contribution in [0.4, 0.5) is 0 Å². The summed E-state index contributed by atoms with van der Waals surface area (Å²) in [6.45, 7) is 6.36. The molecule has 0 saturated carbocycles. The second-order valence-corrected chi connectivity index (χ2v) is 3.33. The van der Waals surface area contributed by atoms with Crippen LogP contribution in [0.15, 0.2) is 4.52 Å². The lowest BCUT2D eigenvalue weighted by Crippen LogP contribution is -2.18. The summed E-state index contributed by atoms with van der Waals surface area (Å²) in [7, 11) is 0. The molecule has 0 aliphatic heterocycles. The van der Waals surface area contributed by atoms with Gasteiger partial charge < -0.3 is 15.0 Å². The van der Waals surface area contributed by atoms with E-state index in [4.69, 9.17) is 15.0 Å². The molecule has 2 atom stereocenters. The maximum Gasteiger partial charge on any atom is 0.228 e. The Morgan fingerprint density at radius 3 is 2.79 bits per heavy atom. The van der Waals surface area contributed by atoms with Gasteiger partial charge in [0, 0.05) is 19.1 Å². The SMILES string of the molecule is CCOC(C)c1noc(CC(C)N)n1. The van der Waals surface area contributed by atoms with Gasteiger partial charge in [0.2, 0.25) is 5.89 Å². The molecule has 2 N–H and O–H groups in total. The molecule has 0 aliphatic carbocycles. The molecule has 1 aromatic heterocycles. The Morgan fingerprint density at radius 1 is 1.50 bits per heavy atom. The highest BCUT2D eigenvalue weighted by Gasteiger charge is 2.14. The van der Waals surface area contributed by atoms with Crippen LogP contribution in [0.3, 0.4) is 0 Å². The Labute approximate surface area is 83.6 Å². The fourth-order valence-corrected chi connectivity index (χ4v) is 1.12. The first-order valence-corrected chi connectivity index (χ1v) is 4.83. The van der Waals surface area contributed by atoms with Gasteiger partial charge >= 0.3 is 0 Å². The van der Waals surface area contributed by atoms with E-state index in [1.54, 1.807) is 0 Å². The Morgan fingerprint density at radius 2 is 2.21 bits per heavy atom. The lowest BCUT2D eigenvalue weighted by atomic mass is 10.2.